The van der Waals surface area contributed by atoms with E-state index in [0.29, 0.717) is 99.4 Å². The molecule has 20 rings (SSSR count). The lowest BCUT2D eigenvalue weighted by molar-refractivity contribution is 0.0688. The minimum atomic E-state index is -1.11. The number of nitrogens with zero attached hydrogens (tertiary/aromatic N) is 9. The Kier molecular flexibility index (Phi) is 27.8. The first-order chi connectivity index (χ1) is 66.6. The number of fused-ring (bicyclic) bond motifs is 5. The fourth-order valence-electron chi connectivity index (χ4n) is 15.9. The van der Waals surface area contributed by atoms with E-state index in [9.17, 15) is 53.9 Å². The Morgan fingerprint density at radius 3 is 0.761 bits per heavy atom. The van der Waals surface area contributed by atoms with Gasteiger partial charge < -0.3 is 25.5 Å². The second-order valence-electron chi connectivity index (χ2n) is 33.1. The molecule has 5 heterocycles. The Balaban J connectivity index is 0.000000125. The molecule has 0 aliphatic rings. The van der Waals surface area contributed by atoms with E-state index in [2.05, 4.69) is 182 Å². The molecule has 0 amide bonds. The average Bonchev–Trinajstić information content (AvgIpc) is 0.798. The second-order valence-corrected chi connectivity index (χ2v) is 33.5. The first kappa shape index (κ1) is 93.0. The van der Waals surface area contributed by atoms with E-state index in [4.69, 9.17) is 23.7 Å². The van der Waals surface area contributed by atoms with Crippen molar-refractivity contribution in [3.63, 3.8) is 0 Å². The van der Waals surface area contributed by atoms with Gasteiger partial charge in [-0.25, -0.2) is 58.1 Å². The summed E-state index contributed by atoms with van der Waals surface area (Å²) in [5, 5.41) is 54.5. The number of rotatable bonds is 16. The molecule has 0 unspecified atom stereocenters. The number of aromatic carboxylic acids is 5. The Morgan fingerprint density at radius 2 is 0.486 bits per heavy atom. The number of aromatic nitrogens is 5. The van der Waals surface area contributed by atoms with Gasteiger partial charge in [-0.1, -0.05) is 311 Å². The van der Waals surface area contributed by atoms with Crippen LogP contribution in [0.25, 0.3) is 182 Å². The lowest BCUT2D eigenvalue weighted by Gasteiger charge is -2.09. The van der Waals surface area contributed by atoms with Crippen LogP contribution in [0.5, 0.6) is 0 Å². The molecule has 0 saturated carbocycles. The molecule has 0 bridgehead atoms. The van der Waals surface area contributed by atoms with Gasteiger partial charge in [-0.15, -0.1) is 0 Å². The maximum Gasteiger partial charge on any atom is 0.336 e. The van der Waals surface area contributed by atoms with E-state index in [1.807, 2.05) is 160 Å². The van der Waals surface area contributed by atoms with Crippen molar-refractivity contribution < 1.29 is 53.9 Å². The third-order valence-electron chi connectivity index (χ3n) is 23.4. The summed E-state index contributed by atoms with van der Waals surface area (Å²) in [6, 6.07) is 114. The third kappa shape index (κ3) is 21.7. The average molecular weight is 1830 g/mol. The highest BCUT2D eigenvalue weighted by Gasteiger charge is 2.21. The molecule has 670 valence electrons. The summed E-state index contributed by atoms with van der Waals surface area (Å²) in [6.07, 6.45) is 0. The third-order valence-corrected chi connectivity index (χ3v) is 23.6. The first-order valence-corrected chi connectivity index (χ1v) is 44.0. The fourth-order valence-corrected chi connectivity index (χ4v) is 16.0. The summed E-state index contributed by atoms with van der Waals surface area (Å²) in [7, 11) is 0. The Hall–Kier alpha value is -18.3. The van der Waals surface area contributed by atoms with Gasteiger partial charge in [-0.3, -0.25) is 0 Å². The smallest absolute Gasteiger partial charge is 0.336 e. The molecule has 15 aromatic carbocycles. The van der Waals surface area contributed by atoms with Crippen molar-refractivity contribution in [1.29, 1.82) is 0 Å². The predicted molar refractivity (Wildman–Crippen MR) is 546 cm³/mol. The van der Waals surface area contributed by atoms with Gasteiger partial charge in [0.1, 0.15) is 5.82 Å². The normalized spacial score (nSPS) is 10.7. The number of carbonyl (C=O) groups is 5. The molecule has 0 aliphatic heterocycles. The van der Waals surface area contributed by atoms with Crippen LogP contribution in [0.2, 0.25) is 5.02 Å². The van der Waals surface area contributed by atoms with Crippen LogP contribution in [-0.2, 0) is 0 Å². The molecule has 138 heavy (non-hydrogen) atoms. The summed E-state index contributed by atoms with van der Waals surface area (Å²) < 4.78 is 13.5. The van der Waals surface area contributed by atoms with Crippen molar-refractivity contribution in [3.8, 4) is 112 Å². The lowest BCUT2D eigenvalue weighted by atomic mass is 9.99. The molecule has 0 spiro atoms. The van der Waals surface area contributed by atoms with Crippen LogP contribution >= 0.6 is 11.6 Å². The molecule has 21 heteroatoms. The zero-order valence-electron chi connectivity index (χ0n) is 75.2. The quantitative estimate of drug-likeness (QED) is 0.0260. The molecule has 5 N–H and O–H groups in total. The maximum absolute atomic E-state index is 13.5. The Morgan fingerprint density at radius 1 is 0.268 bits per heavy atom. The van der Waals surface area contributed by atoms with Gasteiger partial charge in [0.05, 0.1) is 90.4 Å². The summed E-state index contributed by atoms with van der Waals surface area (Å²) in [5.74, 6) is -5.62. The predicted octanol–water partition coefficient (Wildman–Crippen LogP) is 30.5. The van der Waals surface area contributed by atoms with Gasteiger partial charge in [-0.2, -0.15) is 0 Å². The van der Waals surface area contributed by atoms with Crippen LogP contribution in [-0.4, -0.2) is 80.3 Å². The number of carboxylic acid groups (broad SMARTS) is 5. The number of halogens is 2. The molecule has 20 aromatic rings. The van der Waals surface area contributed by atoms with Crippen LogP contribution in [0.1, 0.15) is 85.2 Å². The van der Waals surface area contributed by atoms with Gasteiger partial charge in [0.15, 0.2) is 5.69 Å². The summed E-state index contributed by atoms with van der Waals surface area (Å²) in [4.78, 5) is 87.8. The largest absolute Gasteiger partial charge is 0.478 e. The number of aryl methyl sites for hydroxylation is 6. The van der Waals surface area contributed by atoms with Gasteiger partial charge in [0.2, 0.25) is 0 Å². The van der Waals surface area contributed by atoms with Crippen LogP contribution in [0.4, 0.5) is 15.8 Å². The van der Waals surface area contributed by atoms with Crippen molar-refractivity contribution in [2.75, 3.05) is 0 Å². The molecule has 0 fully saturated rings. The number of hydrogen-bond donors (Lipinski definition) is 5. The van der Waals surface area contributed by atoms with Crippen molar-refractivity contribution in [2.24, 2.45) is 5.11 Å². The van der Waals surface area contributed by atoms with Gasteiger partial charge in [0, 0.05) is 70.4 Å². The van der Waals surface area contributed by atoms with E-state index in [0.717, 1.165) is 89.0 Å². The highest BCUT2D eigenvalue weighted by atomic mass is 35.5. The van der Waals surface area contributed by atoms with E-state index in [1.54, 1.807) is 72.8 Å². The summed E-state index contributed by atoms with van der Waals surface area (Å²) in [6.45, 7) is 19.4. The van der Waals surface area contributed by atoms with Gasteiger partial charge >= 0.3 is 29.8 Å². The van der Waals surface area contributed by atoms with Gasteiger partial charge in [0.25, 0.3) is 0 Å². The van der Waals surface area contributed by atoms with E-state index in [-0.39, 0.29) is 27.8 Å². The monoisotopic (exact) mass is 1830 g/mol. The van der Waals surface area contributed by atoms with Crippen molar-refractivity contribution in [1.82, 2.24) is 24.9 Å². The zero-order valence-corrected chi connectivity index (χ0v) is 76.0. The zero-order chi connectivity index (χ0) is 97.0. The highest BCUT2D eigenvalue weighted by molar-refractivity contribution is 6.31. The molecular formula is C117H83ClFN9O10. The Labute approximate surface area is 797 Å². The molecule has 0 atom stereocenters. The molecular weight excluding hydrogens is 1750 g/mol. The number of carboxylic acids is 5. The maximum atomic E-state index is 13.5. The van der Waals surface area contributed by atoms with E-state index >= 15 is 0 Å². The number of pyridine rings is 5. The van der Waals surface area contributed by atoms with Crippen molar-refractivity contribution >= 4 is 107 Å². The number of hydrogen-bond acceptors (Lipinski definition) is 11. The van der Waals surface area contributed by atoms with Gasteiger partial charge in [-0.05, 0) is 206 Å². The molecule has 19 nitrogen and oxygen atoms in total. The minimum absolute atomic E-state index is 0.0390. The summed E-state index contributed by atoms with van der Waals surface area (Å²) in [5.41, 5.74) is 38.4. The van der Waals surface area contributed by atoms with Crippen LogP contribution in [0.15, 0.2) is 369 Å². The highest BCUT2D eigenvalue weighted by Crippen LogP contribution is 2.38. The van der Waals surface area contributed by atoms with Crippen LogP contribution in [0, 0.1) is 53.9 Å². The second kappa shape index (κ2) is 41.2. The number of benzene rings is 15. The molecule has 0 radical (unpaired) electrons. The lowest BCUT2D eigenvalue weighted by Crippen LogP contribution is -2.00. The Bertz CT molecular complexity index is 7760. The standard InChI is InChI=1S/C24H16N2O2.C24H19NO2.C23H16ClNO2.C23H16FNO2.C23H16N4O2/c1-15-3-5-16(6-4-15)17-7-9-18(10-8-17)23-14-21(24(27)28)20-13-19(25-2)11-12-22(20)26-23;1-15-3-6-17(7-4-15)18-8-10-19(11-9-18)23-14-21(24(26)27)20-13-16(2)5-12-22(20)25-23;2*1-14-2-4-15(5-3-14)16-6-8-17(9-7-16)22-13-20(23(26)27)19-12-18(24)10-11-21(19)25-22;1-14-2-4-15(5-3-14)16-6-8-17(9-7-16)22-13-20(23(28)29)19-12-18(26-27-24)10-11-21(19)25-22/h3-14H,1H3,(H,27,28);3-14H,1-2H3,(H,26,27);2*2-13H,1H3,(H,26,27);2-13H,1H3,(H,28,29). The molecule has 0 saturated heterocycles. The van der Waals surface area contributed by atoms with Crippen LogP contribution < -0.4 is 0 Å². The van der Waals surface area contributed by atoms with Crippen molar-refractivity contribution in [3.05, 3.63) is 458 Å². The topological polar surface area (TPSA) is 304 Å². The van der Waals surface area contributed by atoms with Crippen LogP contribution in [0.3, 0.4) is 0 Å². The minimum Gasteiger partial charge on any atom is -0.478 e. The fraction of sp³-hybridized carbons (Fsp3) is 0.0513. The van der Waals surface area contributed by atoms with E-state index in [1.165, 1.54) is 58.1 Å². The van der Waals surface area contributed by atoms with E-state index < -0.39 is 35.7 Å². The summed E-state index contributed by atoms with van der Waals surface area (Å²) >= 11 is 6.02. The number of azide groups is 1. The SMILES string of the molecule is Cc1ccc(-c2ccc(-c3cc(C(=O)O)c4cc(C)ccc4n3)cc2)cc1.Cc1ccc(-c2ccc(-c3cc(C(=O)O)c4cc(Cl)ccc4n3)cc2)cc1.Cc1ccc(-c2ccc(-c3cc(C(=O)O)c4cc(F)ccc4n3)cc2)cc1.Cc1ccc(-c2ccc(-c3cc(C(=O)O)c4cc(N=[N+]=[N-])ccc4n3)cc2)cc1.[C-]#[N+]c1ccc2nc(-c3ccc(-c4ccc(C)cc4)cc3)cc(C(=O)O)c2c1. The molecule has 0 aliphatic carbocycles. The molecule has 5 aromatic heterocycles. The van der Waals surface area contributed by atoms with Crippen molar-refractivity contribution in [2.45, 2.75) is 41.5 Å². The first-order valence-electron chi connectivity index (χ1n) is 43.6.